The second-order valence-electron chi connectivity index (χ2n) is 7.82. The zero-order valence-electron chi connectivity index (χ0n) is 16.1. The quantitative estimate of drug-likeness (QED) is 0.502. The van der Waals surface area contributed by atoms with E-state index in [-0.39, 0.29) is 11.2 Å². The molecule has 1 atom stereocenters. The van der Waals surface area contributed by atoms with Crippen molar-refractivity contribution in [3.8, 4) is 0 Å². The van der Waals surface area contributed by atoms with Crippen molar-refractivity contribution in [3.63, 3.8) is 0 Å². The Morgan fingerprint density at radius 2 is 1.15 bits per heavy atom. The van der Waals surface area contributed by atoms with Gasteiger partial charge in [-0.2, -0.15) is 0 Å². The summed E-state index contributed by atoms with van der Waals surface area (Å²) in [5, 5.41) is 0. The third-order valence-electron chi connectivity index (χ3n) is 6.01. The molecule has 4 rings (SSSR count). The number of hydrogen-bond donors (Lipinski definition) is 0. The fourth-order valence-electron chi connectivity index (χ4n) is 4.59. The van der Waals surface area contributed by atoms with Crippen LogP contribution in [0.25, 0.3) is 0 Å². The van der Waals surface area contributed by atoms with Gasteiger partial charge in [0.05, 0.1) is 11.2 Å². The number of ether oxygens (including phenoxy) is 1. The lowest BCUT2D eigenvalue weighted by molar-refractivity contribution is -0.110. The van der Waals surface area contributed by atoms with Crippen molar-refractivity contribution < 1.29 is 4.74 Å². The van der Waals surface area contributed by atoms with Gasteiger partial charge in [0.2, 0.25) is 0 Å². The standard InChI is InChI=1S/C26H28O/c1-2-26(24-16-10-5-11-17-24)19-18-25(27-26,20-22-12-6-3-7-13-22)21-23-14-8-4-9-15-23/h3-17H,2,18-21H2,1H3. The maximum absolute atomic E-state index is 7.08. The zero-order chi connectivity index (χ0) is 18.6. The van der Waals surface area contributed by atoms with Gasteiger partial charge >= 0.3 is 0 Å². The van der Waals surface area contributed by atoms with Crippen molar-refractivity contribution in [1.29, 1.82) is 0 Å². The van der Waals surface area contributed by atoms with Crippen molar-refractivity contribution >= 4 is 0 Å². The zero-order valence-corrected chi connectivity index (χ0v) is 16.1. The van der Waals surface area contributed by atoms with Gasteiger partial charge in [-0.25, -0.2) is 0 Å². The molecule has 0 spiro atoms. The minimum Gasteiger partial charge on any atom is -0.363 e. The van der Waals surface area contributed by atoms with Crippen molar-refractivity contribution in [2.75, 3.05) is 0 Å². The van der Waals surface area contributed by atoms with Gasteiger partial charge in [-0.1, -0.05) is 97.9 Å². The van der Waals surface area contributed by atoms with Crippen LogP contribution in [0, 0.1) is 0 Å². The Bertz CT molecular complexity index is 800. The predicted octanol–water partition coefficient (Wildman–Crippen LogP) is 6.33. The number of hydrogen-bond acceptors (Lipinski definition) is 1. The summed E-state index contributed by atoms with van der Waals surface area (Å²) < 4.78 is 7.08. The van der Waals surface area contributed by atoms with Gasteiger partial charge in [0.15, 0.2) is 0 Å². The molecule has 0 aliphatic carbocycles. The highest BCUT2D eigenvalue weighted by atomic mass is 16.5. The molecule has 0 N–H and O–H groups in total. The fraction of sp³-hybridized carbons (Fsp3) is 0.308. The summed E-state index contributed by atoms with van der Waals surface area (Å²) in [4.78, 5) is 0. The van der Waals surface area contributed by atoms with Crippen LogP contribution in [-0.4, -0.2) is 5.60 Å². The number of rotatable bonds is 6. The molecule has 0 aromatic heterocycles. The normalized spacial score (nSPS) is 21.2. The summed E-state index contributed by atoms with van der Waals surface area (Å²) in [6.07, 6.45) is 5.07. The Labute approximate surface area is 163 Å². The lowest BCUT2D eigenvalue weighted by Crippen LogP contribution is -2.38. The highest BCUT2D eigenvalue weighted by Crippen LogP contribution is 2.49. The Morgan fingerprint density at radius 1 is 0.667 bits per heavy atom. The first-order valence-electron chi connectivity index (χ1n) is 10.1. The first kappa shape index (κ1) is 18.0. The van der Waals surface area contributed by atoms with Crippen molar-refractivity contribution in [1.82, 2.24) is 0 Å². The molecule has 0 radical (unpaired) electrons. The van der Waals surface area contributed by atoms with E-state index >= 15 is 0 Å². The summed E-state index contributed by atoms with van der Waals surface area (Å²) in [6, 6.07) is 32.4. The van der Waals surface area contributed by atoms with Crippen LogP contribution in [-0.2, 0) is 23.2 Å². The Morgan fingerprint density at radius 3 is 1.63 bits per heavy atom. The van der Waals surface area contributed by atoms with E-state index in [1.54, 1.807) is 0 Å². The van der Waals surface area contributed by atoms with E-state index in [0.29, 0.717) is 0 Å². The summed E-state index contributed by atoms with van der Waals surface area (Å²) in [5.41, 5.74) is 3.69. The van der Waals surface area contributed by atoms with Crippen LogP contribution in [0.3, 0.4) is 0 Å². The van der Waals surface area contributed by atoms with E-state index in [0.717, 1.165) is 32.1 Å². The molecule has 1 nitrogen and oxygen atoms in total. The summed E-state index contributed by atoms with van der Waals surface area (Å²) in [6.45, 7) is 2.26. The van der Waals surface area contributed by atoms with E-state index in [1.165, 1.54) is 16.7 Å². The van der Waals surface area contributed by atoms with E-state index in [2.05, 4.69) is 97.9 Å². The van der Waals surface area contributed by atoms with Gasteiger partial charge in [0.25, 0.3) is 0 Å². The predicted molar refractivity (Wildman–Crippen MR) is 112 cm³/mol. The van der Waals surface area contributed by atoms with Crippen LogP contribution >= 0.6 is 0 Å². The van der Waals surface area contributed by atoms with Crippen LogP contribution in [0.5, 0.6) is 0 Å². The first-order valence-corrected chi connectivity index (χ1v) is 10.1. The van der Waals surface area contributed by atoms with E-state index < -0.39 is 0 Å². The first-order chi connectivity index (χ1) is 13.2. The topological polar surface area (TPSA) is 9.23 Å². The molecule has 1 aliphatic rings. The average Bonchev–Trinajstić information content (AvgIpc) is 3.10. The van der Waals surface area contributed by atoms with Gasteiger partial charge in [-0.15, -0.1) is 0 Å². The SMILES string of the molecule is CCC1(c2ccccc2)CCC(Cc2ccccc2)(Cc2ccccc2)O1. The van der Waals surface area contributed by atoms with Crippen LogP contribution in [0.15, 0.2) is 91.0 Å². The molecule has 1 heteroatoms. The molecular weight excluding hydrogens is 328 g/mol. The lowest BCUT2D eigenvalue weighted by atomic mass is 9.83. The van der Waals surface area contributed by atoms with Crippen LogP contribution in [0.4, 0.5) is 0 Å². The van der Waals surface area contributed by atoms with Crippen molar-refractivity contribution in [3.05, 3.63) is 108 Å². The molecular formula is C26H28O. The second kappa shape index (κ2) is 7.70. The molecule has 1 fully saturated rings. The molecule has 0 bridgehead atoms. The molecule has 1 heterocycles. The largest absolute Gasteiger partial charge is 0.363 e. The molecule has 1 aliphatic heterocycles. The van der Waals surface area contributed by atoms with Gasteiger partial charge in [-0.3, -0.25) is 0 Å². The molecule has 138 valence electrons. The Hall–Kier alpha value is -2.38. The van der Waals surface area contributed by atoms with E-state index in [1.807, 2.05) is 0 Å². The van der Waals surface area contributed by atoms with Gasteiger partial charge < -0.3 is 4.74 Å². The van der Waals surface area contributed by atoms with E-state index in [4.69, 9.17) is 4.74 Å². The van der Waals surface area contributed by atoms with E-state index in [9.17, 15) is 0 Å². The van der Waals surface area contributed by atoms with Gasteiger partial charge in [-0.05, 0) is 36.0 Å². The fourth-order valence-corrected chi connectivity index (χ4v) is 4.59. The molecule has 1 unspecified atom stereocenters. The highest BCUT2D eigenvalue weighted by molar-refractivity contribution is 5.28. The monoisotopic (exact) mass is 356 g/mol. The molecule has 0 amide bonds. The van der Waals surface area contributed by atoms with Gasteiger partial charge in [0, 0.05) is 12.8 Å². The summed E-state index contributed by atoms with van der Waals surface area (Å²) in [7, 11) is 0. The lowest BCUT2D eigenvalue weighted by Gasteiger charge is -2.36. The van der Waals surface area contributed by atoms with Crippen molar-refractivity contribution in [2.45, 2.75) is 50.2 Å². The summed E-state index contributed by atoms with van der Waals surface area (Å²) >= 11 is 0. The molecule has 1 saturated heterocycles. The average molecular weight is 357 g/mol. The van der Waals surface area contributed by atoms with Crippen LogP contribution in [0.1, 0.15) is 42.9 Å². The molecule has 3 aromatic carbocycles. The Kier molecular flexibility index (Phi) is 5.13. The highest BCUT2D eigenvalue weighted by Gasteiger charge is 2.49. The minimum absolute atomic E-state index is 0.158. The third kappa shape index (κ3) is 3.84. The third-order valence-corrected chi connectivity index (χ3v) is 6.01. The minimum atomic E-state index is -0.176. The summed E-state index contributed by atoms with van der Waals surface area (Å²) in [5.74, 6) is 0. The second-order valence-corrected chi connectivity index (χ2v) is 7.82. The molecule has 27 heavy (non-hydrogen) atoms. The smallest absolute Gasteiger partial charge is 0.0937 e. The molecule has 0 saturated carbocycles. The maximum atomic E-state index is 7.08. The van der Waals surface area contributed by atoms with Gasteiger partial charge in [0.1, 0.15) is 0 Å². The Balaban J connectivity index is 1.68. The van der Waals surface area contributed by atoms with Crippen LogP contribution in [0.2, 0.25) is 0 Å². The van der Waals surface area contributed by atoms with Crippen LogP contribution < -0.4 is 0 Å². The maximum Gasteiger partial charge on any atom is 0.0937 e. The molecule has 3 aromatic rings. The number of benzene rings is 3. The van der Waals surface area contributed by atoms with Crippen molar-refractivity contribution in [2.24, 2.45) is 0 Å².